The number of β-amino-alcohol motifs (C(OH)–C–C–N with tert-alkyl or cyclic N) is 1. The van der Waals surface area contributed by atoms with Crippen molar-refractivity contribution in [3.8, 4) is 49.5 Å². The number of halogens is 2. The van der Waals surface area contributed by atoms with E-state index in [1.165, 1.54) is 48.6 Å². The number of phenols is 1. The van der Waals surface area contributed by atoms with E-state index in [-0.39, 0.29) is 86.9 Å². The highest BCUT2D eigenvalue weighted by molar-refractivity contribution is 7.17. The Labute approximate surface area is 604 Å². The number of carbonyl (C=O) groups excluding carboxylic acids is 7. The molecular formula is C67H91Cl2N11O21S. The van der Waals surface area contributed by atoms with Gasteiger partial charge < -0.3 is 117 Å². The number of aromatic nitrogens is 2. The first-order valence-electron chi connectivity index (χ1n) is 32.8. The molecule has 3 aliphatic rings. The molecule has 0 bridgehead atoms. The van der Waals surface area contributed by atoms with Gasteiger partial charge in [-0.1, -0.05) is 72.9 Å². The summed E-state index contributed by atoms with van der Waals surface area (Å²) in [7, 11) is 1.60. The van der Waals surface area contributed by atoms with Gasteiger partial charge in [-0.05, 0) is 73.0 Å². The Kier molecular flexibility index (Phi) is 32.4. The number of hydrogen-bond acceptors (Lipinski definition) is 26. The number of phenolic OH excluding ortho intramolecular Hbond substituents is 1. The van der Waals surface area contributed by atoms with Crippen LogP contribution in [0.15, 0.2) is 91.0 Å². The Morgan fingerprint density at radius 3 is 1.81 bits per heavy atom. The van der Waals surface area contributed by atoms with Crippen molar-refractivity contribution in [1.29, 1.82) is 0 Å². The van der Waals surface area contributed by atoms with E-state index in [1.54, 1.807) is 19.2 Å². The van der Waals surface area contributed by atoms with Crippen molar-refractivity contribution in [3.05, 3.63) is 102 Å². The van der Waals surface area contributed by atoms with E-state index in [2.05, 4.69) is 47.4 Å². The zero-order valence-corrected chi connectivity index (χ0v) is 58.6. The smallest absolute Gasteiger partial charge is 0.251 e. The van der Waals surface area contributed by atoms with Gasteiger partial charge in [0.15, 0.2) is 11.5 Å². The first kappa shape index (κ1) is 83.1. The van der Waals surface area contributed by atoms with E-state index in [9.17, 15) is 84.9 Å². The molecule has 0 saturated carbocycles. The lowest BCUT2D eigenvalue weighted by atomic mass is 9.98. The SMILES string of the molecule is COCCOc1ccc(-c2ccc(-c3nnc(-c4ccc(C(=O)N[C@H]5C[C@@H](O)CNC(=O)[C@@H]6[C@@H](O)[C@@H](C)CN6C(=O)[C@H]([C@H](O)CCNC(CO)CO)NC(=O)[C@H]([C@H](O)Cc6ccc(O)c(OCCNC(CO)CO)c6)NC(=O)[C@@H]6C[C@@H](O)CN6C(=O)[C@H]([C@@H](C)O)NC5=O)cc4)s3)cc2)cc1.Cl.Cl. The molecular weight excluding hydrogens is 1400 g/mol. The van der Waals surface area contributed by atoms with Crippen LogP contribution in [0.3, 0.4) is 0 Å². The van der Waals surface area contributed by atoms with Gasteiger partial charge in [0.05, 0.1) is 81.7 Å². The van der Waals surface area contributed by atoms with Crippen LogP contribution in [0.25, 0.3) is 32.3 Å². The second-order valence-corrected chi connectivity index (χ2v) is 25.9. The second kappa shape index (κ2) is 39.7. The summed E-state index contributed by atoms with van der Waals surface area (Å²) in [5, 5.41) is 147. The summed E-state index contributed by atoms with van der Waals surface area (Å²) in [6.07, 6.45) is -12.6. The molecule has 3 aliphatic heterocycles. The molecule has 8 rings (SSSR count). The largest absolute Gasteiger partial charge is 0.504 e. The van der Waals surface area contributed by atoms with Crippen molar-refractivity contribution in [2.24, 2.45) is 5.92 Å². The number of benzene rings is 4. The van der Waals surface area contributed by atoms with Crippen LogP contribution in [0.5, 0.6) is 17.2 Å². The summed E-state index contributed by atoms with van der Waals surface area (Å²) >= 11 is 1.29. The Morgan fingerprint density at radius 1 is 0.637 bits per heavy atom. The quantitative estimate of drug-likeness (QED) is 0.0229. The monoisotopic (exact) mass is 1490 g/mol. The molecule has 35 heteroatoms. The maximum Gasteiger partial charge on any atom is 0.251 e. The number of aromatic hydroxyl groups is 1. The van der Waals surface area contributed by atoms with E-state index >= 15 is 4.79 Å². The molecule has 0 radical (unpaired) electrons. The van der Waals surface area contributed by atoms with Crippen LogP contribution in [0, 0.1) is 5.92 Å². The van der Waals surface area contributed by atoms with Crippen molar-refractivity contribution < 1.29 is 104 Å². The minimum atomic E-state index is -2.15. The average Bonchev–Trinajstić information content (AvgIpc) is 1.62. The summed E-state index contributed by atoms with van der Waals surface area (Å²) in [6.45, 7) is -0.207. The van der Waals surface area contributed by atoms with Gasteiger partial charge in [-0.15, -0.1) is 35.0 Å². The molecule has 0 spiro atoms. The first-order valence-corrected chi connectivity index (χ1v) is 33.6. The van der Waals surface area contributed by atoms with Gasteiger partial charge in [-0.25, -0.2) is 0 Å². The van der Waals surface area contributed by atoms with Crippen LogP contribution in [0.1, 0.15) is 49.0 Å². The minimum absolute atomic E-state index is 0. The molecule has 4 heterocycles. The fraction of sp³-hybridized carbons (Fsp3) is 0.507. The van der Waals surface area contributed by atoms with Crippen molar-refractivity contribution in [1.82, 2.24) is 57.2 Å². The summed E-state index contributed by atoms with van der Waals surface area (Å²) in [4.78, 5) is 105. The van der Waals surface area contributed by atoms with Gasteiger partial charge in [0, 0.05) is 75.2 Å². The number of ether oxygens (including phenoxy) is 3. The third-order valence-electron chi connectivity index (χ3n) is 17.5. The fourth-order valence-electron chi connectivity index (χ4n) is 11.7. The van der Waals surface area contributed by atoms with Gasteiger partial charge in [0.2, 0.25) is 35.4 Å². The molecule has 1 aromatic heterocycles. The van der Waals surface area contributed by atoms with E-state index < -0.39 is 184 Å². The zero-order chi connectivity index (χ0) is 72.3. The Hall–Kier alpha value is -7.81. The number of hydrogen-bond donors (Lipinski definition) is 18. The Morgan fingerprint density at radius 2 is 1.21 bits per heavy atom. The molecule has 7 amide bonds. The topological polar surface area (TPSA) is 486 Å². The van der Waals surface area contributed by atoms with Gasteiger partial charge in [-0.2, -0.15) is 0 Å². The number of carbonyl (C=O) groups is 7. The summed E-state index contributed by atoms with van der Waals surface area (Å²) in [5.74, 6) is -8.56. The van der Waals surface area contributed by atoms with Gasteiger partial charge >= 0.3 is 0 Å². The van der Waals surface area contributed by atoms with Gasteiger partial charge in [-0.3, -0.25) is 33.6 Å². The van der Waals surface area contributed by atoms with Crippen LogP contribution >= 0.6 is 36.2 Å². The lowest BCUT2D eigenvalue weighted by molar-refractivity contribution is -0.147. The van der Waals surface area contributed by atoms with E-state index in [4.69, 9.17) is 14.2 Å². The van der Waals surface area contributed by atoms with Gasteiger partial charge in [0.25, 0.3) is 5.91 Å². The third kappa shape index (κ3) is 21.9. The molecule has 0 aliphatic carbocycles. The average molecular weight is 1490 g/mol. The molecule has 5 aromatic rings. The molecule has 102 heavy (non-hydrogen) atoms. The van der Waals surface area contributed by atoms with Crippen LogP contribution in [0.4, 0.5) is 0 Å². The zero-order valence-electron chi connectivity index (χ0n) is 56.1. The summed E-state index contributed by atoms with van der Waals surface area (Å²) in [6, 6.07) is 12.3. The molecule has 32 nitrogen and oxygen atoms in total. The number of methoxy groups -OCH3 is 1. The van der Waals surface area contributed by atoms with E-state index in [1.807, 2.05) is 48.5 Å². The number of fused-ring (bicyclic) bond motifs is 2. The van der Waals surface area contributed by atoms with Crippen molar-refractivity contribution in [3.63, 3.8) is 0 Å². The number of nitrogens with one attached hydrogen (secondary N) is 7. The molecule has 3 saturated heterocycles. The first-order chi connectivity index (χ1) is 47.9. The van der Waals surface area contributed by atoms with E-state index in [0.29, 0.717) is 34.5 Å². The van der Waals surface area contributed by atoms with Crippen LogP contribution in [-0.4, -0.2) is 289 Å². The Balaban J connectivity index is 0.00000818. The number of aliphatic hydroxyl groups is 10. The predicted molar refractivity (Wildman–Crippen MR) is 373 cm³/mol. The lowest BCUT2D eigenvalue weighted by Crippen LogP contribution is -2.64. The number of amides is 7. The van der Waals surface area contributed by atoms with Crippen molar-refractivity contribution >= 4 is 77.5 Å². The minimum Gasteiger partial charge on any atom is -0.504 e. The standard InChI is InChI=1S/C67H89N11O21S.2ClH/c1-35-29-78-57(58(35)89)63(94)70-28-45(84)26-48(71-59(90)40-7-11-42(12-8-40)65-76-75-64(100-65)41-9-5-38(6-10-41)39-13-15-47(16-14-39)98-23-22-97-3)60(91)72-54(36(2)83)66(95)77-30-46(85)27-49(77)61(92)73-55(62(93)74-56(67(78)96)51(87)18-19-68-43(31-79)32-80)52(88)24-37-4-17-50(86)53(25-37)99-21-20-69-44(33-81)34-82;;/h4-17,25,35-36,43-46,48-49,51-52,54-58,68-69,79-89H,18-24,26-34H2,1-3H3,(H,70,94)(H,71,90)(H,72,91)(H,73,92)(H,74,93);2*1H/t35-,36+,45+,46+,48-,49-,51+,52+,54-,55-,56-,57-,58-;;/m0../s1. The maximum atomic E-state index is 15.1. The van der Waals surface area contributed by atoms with Crippen molar-refractivity contribution in [2.45, 2.75) is 124 Å². The van der Waals surface area contributed by atoms with Crippen LogP contribution in [0.2, 0.25) is 0 Å². The maximum absolute atomic E-state index is 15.1. The number of nitrogens with zero attached hydrogens (tertiary/aromatic N) is 4. The van der Waals surface area contributed by atoms with Crippen LogP contribution < -0.4 is 46.7 Å². The summed E-state index contributed by atoms with van der Waals surface area (Å²) < 4.78 is 16.4. The number of rotatable bonds is 27. The molecule has 13 atom stereocenters. The third-order valence-corrected chi connectivity index (χ3v) is 18.5. The Bertz CT molecular complexity index is 3550. The molecule has 0 unspecified atom stereocenters. The lowest BCUT2D eigenvalue weighted by Gasteiger charge is -2.34. The number of aliphatic hydroxyl groups excluding tert-OH is 10. The molecule has 18 N–H and O–H groups in total. The highest BCUT2D eigenvalue weighted by Gasteiger charge is 2.50. The summed E-state index contributed by atoms with van der Waals surface area (Å²) in [5.41, 5.74) is 3.48. The normalized spacial score (nSPS) is 23.3. The second-order valence-electron chi connectivity index (χ2n) is 24.9. The fourth-order valence-corrected chi connectivity index (χ4v) is 12.6. The van der Waals surface area contributed by atoms with Gasteiger partial charge in [0.1, 0.15) is 65.2 Å². The van der Waals surface area contributed by atoms with E-state index in [0.717, 1.165) is 33.4 Å². The predicted octanol–water partition coefficient (Wildman–Crippen LogP) is -3.28. The molecule has 3 fully saturated rings. The molecule has 4 aromatic carbocycles. The molecule has 560 valence electrons. The highest BCUT2D eigenvalue weighted by atomic mass is 35.5. The van der Waals surface area contributed by atoms with Crippen molar-refractivity contribution in [2.75, 3.05) is 86.1 Å². The van der Waals surface area contributed by atoms with Crippen LogP contribution in [-0.2, 0) is 39.9 Å². The highest BCUT2D eigenvalue weighted by Crippen LogP contribution is 2.33.